The highest BCUT2D eigenvalue weighted by Gasteiger charge is 2.47. The number of aromatic carboxylic acids is 1. The summed E-state index contributed by atoms with van der Waals surface area (Å²) in [6, 6.07) is 5.33. The molecule has 1 saturated heterocycles. The lowest BCUT2D eigenvalue weighted by Gasteiger charge is -2.33. The van der Waals surface area contributed by atoms with Crippen molar-refractivity contribution in [3.05, 3.63) is 34.9 Å². The maximum atomic E-state index is 12.7. The van der Waals surface area contributed by atoms with Crippen LogP contribution >= 0.6 is 0 Å². The topological polar surface area (TPSA) is 57.6 Å². The lowest BCUT2D eigenvalue weighted by Crippen LogP contribution is -2.39. The van der Waals surface area contributed by atoms with E-state index in [-0.39, 0.29) is 5.41 Å². The number of carbonyl (C=O) groups excluding carboxylic acids is 1. The van der Waals surface area contributed by atoms with Crippen molar-refractivity contribution >= 4 is 11.9 Å². The molecule has 1 heterocycles. The highest BCUT2D eigenvalue weighted by atomic mass is 16.4. The number of hydrogen-bond donors (Lipinski definition) is 1. The van der Waals surface area contributed by atoms with Gasteiger partial charge in [-0.2, -0.15) is 0 Å². The number of amides is 1. The molecule has 1 spiro atoms. The predicted molar refractivity (Wildman–Crippen MR) is 79.3 cm³/mol. The molecule has 4 heteroatoms. The van der Waals surface area contributed by atoms with Crippen molar-refractivity contribution in [2.75, 3.05) is 13.1 Å². The molecule has 0 saturated carbocycles. The number of rotatable bonds is 3. The standard InChI is InChI=1S/C17H21NO3/c1-2-8-18-9-7-17(16(18)21)6-5-12-10-13(15(19)20)3-4-14(12)11-17/h3-4,10H,2,5-9,11H2,1H3,(H,19,20)/t17-/m0/s1. The largest absolute Gasteiger partial charge is 0.478 e. The van der Waals surface area contributed by atoms with Crippen LogP contribution in [0.4, 0.5) is 0 Å². The Morgan fingerprint density at radius 2 is 2.14 bits per heavy atom. The smallest absolute Gasteiger partial charge is 0.335 e. The molecule has 112 valence electrons. The van der Waals surface area contributed by atoms with Gasteiger partial charge in [0.1, 0.15) is 0 Å². The molecule has 1 aliphatic heterocycles. The summed E-state index contributed by atoms with van der Waals surface area (Å²) in [7, 11) is 0. The van der Waals surface area contributed by atoms with Gasteiger partial charge in [-0.25, -0.2) is 4.79 Å². The fourth-order valence-electron chi connectivity index (χ4n) is 3.76. The Labute approximate surface area is 124 Å². The predicted octanol–water partition coefficient (Wildman–Crippen LogP) is 2.50. The van der Waals surface area contributed by atoms with Gasteiger partial charge in [-0.05, 0) is 55.4 Å². The summed E-state index contributed by atoms with van der Waals surface area (Å²) in [5.74, 6) is -0.582. The molecule has 3 rings (SSSR count). The van der Waals surface area contributed by atoms with Crippen LogP contribution in [0, 0.1) is 5.41 Å². The molecule has 1 aliphatic carbocycles. The molecule has 2 aliphatic rings. The summed E-state index contributed by atoms with van der Waals surface area (Å²) in [5, 5.41) is 9.07. The Morgan fingerprint density at radius 1 is 1.33 bits per heavy atom. The molecule has 0 radical (unpaired) electrons. The van der Waals surface area contributed by atoms with Crippen LogP contribution in [0.2, 0.25) is 0 Å². The highest BCUT2D eigenvalue weighted by molar-refractivity contribution is 5.88. The second kappa shape index (κ2) is 5.17. The first-order valence-corrected chi connectivity index (χ1v) is 7.70. The summed E-state index contributed by atoms with van der Waals surface area (Å²) in [5.41, 5.74) is 2.36. The quantitative estimate of drug-likeness (QED) is 0.929. The number of carboxylic acid groups (broad SMARTS) is 1. The summed E-state index contributed by atoms with van der Waals surface area (Å²) in [6.45, 7) is 3.82. The molecule has 4 nitrogen and oxygen atoms in total. The third kappa shape index (κ3) is 2.33. The average molecular weight is 287 g/mol. The zero-order chi connectivity index (χ0) is 15.0. The number of hydrogen-bond acceptors (Lipinski definition) is 2. The van der Waals surface area contributed by atoms with E-state index in [1.165, 1.54) is 0 Å². The maximum Gasteiger partial charge on any atom is 0.335 e. The van der Waals surface area contributed by atoms with Gasteiger partial charge in [0.05, 0.1) is 11.0 Å². The van der Waals surface area contributed by atoms with Crippen molar-refractivity contribution in [2.24, 2.45) is 5.41 Å². The van der Waals surface area contributed by atoms with E-state index in [9.17, 15) is 9.59 Å². The second-order valence-corrected chi connectivity index (χ2v) is 6.29. The number of likely N-dealkylation sites (tertiary alicyclic amines) is 1. The zero-order valence-electron chi connectivity index (χ0n) is 12.4. The third-order valence-electron chi connectivity index (χ3n) is 4.95. The average Bonchev–Trinajstić information content (AvgIpc) is 2.76. The van der Waals surface area contributed by atoms with Crippen LogP contribution in [0.3, 0.4) is 0 Å². The van der Waals surface area contributed by atoms with E-state index in [0.717, 1.165) is 56.3 Å². The SMILES string of the molecule is CCCN1CC[C@]2(CCc3cc(C(=O)O)ccc3C2)C1=O. The van der Waals surface area contributed by atoms with Crippen molar-refractivity contribution in [1.29, 1.82) is 0 Å². The number of carboxylic acids is 1. The second-order valence-electron chi connectivity index (χ2n) is 6.29. The first kappa shape index (κ1) is 14.1. The highest BCUT2D eigenvalue weighted by Crippen LogP contribution is 2.43. The van der Waals surface area contributed by atoms with E-state index in [1.807, 2.05) is 11.0 Å². The number of fused-ring (bicyclic) bond motifs is 1. The first-order chi connectivity index (χ1) is 10.1. The van der Waals surface area contributed by atoms with E-state index in [1.54, 1.807) is 12.1 Å². The molecular formula is C17H21NO3. The Morgan fingerprint density at radius 3 is 2.86 bits per heavy atom. The molecule has 1 N–H and O–H groups in total. The molecule has 21 heavy (non-hydrogen) atoms. The Hall–Kier alpha value is -1.84. The molecular weight excluding hydrogens is 266 g/mol. The van der Waals surface area contributed by atoms with Crippen LogP contribution < -0.4 is 0 Å². The minimum absolute atomic E-state index is 0.229. The van der Waals surface area contributed by atoms with E-state index >= 15 is 0 Å². The van der Waals surface area contributed by atoms with E-state index in [4.69, 9.17) is 5.11 Å². The zero-order valence-corrected chi connectivity index (χ0v) is 12.4. The lowest BCUT2D eigenvalue weighted by atomic mass is 9.70. The minimum atomic E-state index is -0.885. The summed E-state index contributed by atoms with van der Waals surface area (Å²) < 4.78 is 0. The van der Waals surface area contributed by atoms with Crippen LogP contribution in [0.1, 0.15) is 47.7 Å². The molecule has 1 aromatic carbocycles. The number of carbonyl (C=O) groups is 2. The molecule has 1 atom stereocenters. The van der Waals surface area contributed by atoms with Gasteiger partial charge in [-0.15, -0.1) is 0 Å². The molecule has 0 bridgehead atoms. The summed E-state index contributed by atoms with van der Waals surface area (Å²) in [4.78, 5) is 25.7. The number of benzene rings is 1. The fraction of sp³-hybridized carbons (Fsp3) is 0.529. The summed E-state index contributed by atoms with van der Waals surface area (Å²) >= 11 is 0. The van der Waals surface area contributed by atoms with Crippen molar-refractivity contribution in [3.63, 3.8) is 0 Å². The fourth-order valence-corrected chi connectivity index (χ4v) is 3.76. The van der Waals surface area contributed by atoms with E-state index in [0.29, 0.717) is 11.5 Å². The van der Waals surface area contributed by atoms with E-state index in [2.05, 4.69) is 6.92 Å². The number of aryl methyl sites for hydroxylation is 1. The van der Waals surface area contributed by atoms with Gasteiger partial charge in [-0.3, -0.25) is 4.79 Å². The third-order valence-corrected chi connectivity index (χ3v) is 4.95. The number of nitrogens with zero attached hydrogens (tertiary/aromatic N) is 1. The van der Waals surface area contributed by atoms with Gasteiger partial charge in [0.2, 0.25) is 5.91 Å². The van der Waals surface area contributed by atoms with Crippen LogP contribution in [0.5, 0.6) is 0 Å². The Kier molecular flexibility index (Phi) is 3.47. The Bertz CT molecular complexity index is 596. The van der Waals surface area contributed by atoms with Crippen molar-refractivity contribution in [2.45, 2.75) is 39.0 Å². The molecule has 1 amide bonds. The van der Waals surface area contributed by atoms with Crippen molar-refractivity contribution in [3.8, 4) is 0 Å². The van der Waals surface area contributed by atoms with Crippen LogP contribution in [-0.4, -0.2) is 35.0 Å². The van der Waals surface area contributed by atoms with Crippen molar-refractivity contribution < 1.29 is 14.7 Å². The Balaban J connectivity index is 1.85. The van der Waals surface area contributed by atoms with Crippen LogP contribution in [0.25, 0.3) is 0 Å². The minimum Gasteiger partial charge on any atom is -0.478 e. The van der Waals surface area contributed by atoms with Gasteiger partial charge in [-0.1, -0.05) is 13.0 Å². The van der Waals surface area contributed by atoms with Gasteiger partial charge in [0, 0.05) is 13.1 Å². The normalized spacial score (nSPS) is 24.4. The monoisotopic (exact) mass is 287 g/mol. The maximum absolute atomic E-state index is 12.7. The van der Waals surface area contributed by atoms with Crippen molar-refractivity contribution in [1.82, 2.24) is 4.90 Å². The molecule has 0 aromatic heterocycles. The molecule has 1 fully saturated rings. The van der Waals surface area contributed by atoms with Gasteiger partial charge in [0.25, 0.3) is 0 Å². The van der Waals surface area contributed by atoms with Crippen LogP contribution in [-0.2, 0) is 17.6 Å². The van der Waals surface area contributed by atoms with Gasteiger partial charge >= 0.3 is 5.97 Å². The van der Waals surface area contributed by atoms with Crippen LogP contribution in [0.15, 0.2) is 18.2 Å². The molecule has 0 unspecified atom stereocenters. The molecule has 1 aromatic rings. The summed E-state index contributed by atoms with van der Waals surface area (Å²) in [6.07, 6.45) is 4.36. The first-order valence-electron chi connectivity index (χ1n) is 7.70. The van der Waals surface area contributed by atoms with E-state index < -0.39 is 5.97 Å². The lowest BCUT2D eigenvalue weighted by molar-refractivity contribution is -0.136. The van der Waals surface area contributed by atoms with Gasteiger partial charge in [0.15, 0.2) is 0 Å². The van der Waals surface area contributed by atoms with Gasteiger partial charge < -0.3 is 10.0 Å².